The predicted octanol–water partition coefficient (Wildman–Crippen LogP) is 12.5. The Morgan fingerprint density at radius 2 is 0.943 bits per heavy atom. The summed E-state index contributed by atoms with van der Waals surface area (Å²) >= 11 is 0. The second-order valence-corrected chi connectivity index (χ2v) is 15.9. The van der Waals surface area contributed by atoms with Crippen LogP contribution in [-0.4, -0.2) is 70.0 Å². The molecule has 2 atom stereocenters. The van der Waals surface area contributed by atoms with Gasteiger partial charge in [0.25, 0.3) is 0 Å². The molecule has 310 valence electrons. The van der Waals surface area contributed by atoms with E-state index in [-0.39, 0.29) is 24.0 Å². The highest BCUT2D eigenvalue weighted by Crippen LogP contribution is 2.28. The third-order valence-electron chi connectivity index (χ3n) is 10.3. The Bertz CT molecular complexity index is 931. The van der Waals surface area contributed by atoms with Crippen LogP contribution in [0.25, 0.3) is 0 Å². The monoisotopic (exact) mass is 748 g/mol. The molecule has 0 aromatic heterocycles. The predicted molar refractivity (Wildman–Crippen MR) is 222 cm³/mol. The topological polar surface area (TPSA) is 74.3 Å². The number of nitrogens with zero attached hydrogens (tertiary/aromatic N) is 1. The van der Waals surface area contributed by atoms with E-state index in [9.17, 15) is 9.59 Å². The highest BCUT2D eigenvalue weighted by Gasteiger charge is 2.26. The van der Waals surface area contributed by atoms with Crippen LogP contribution < -0.4 is 0 Å². The van der Waals surface area contributed by atoms with Crippen LogP contribution in [0.4, 0.5) is 0 Å². The van der Waals surface area contributed by atoms with E-state index in [1.54, 1.807) is 0 Å². The van der Waals surface area contributed by atoms with Gasteiger partial charge in [-0.25, -0.2) is 0 Å². The molecule has 7 heteroatoms. The maximum absolute atomic E-state index is 12.0. The molecule has 7 nitrogen and oxygen atoms in total. The van der Waals surface area contributed by atoms with Gasteiger partial charge in [0.2, 0.25) is 0 Å². The van der Waals surface area contributed by atoms with E-state index in [1.165, 1.54) is 95.5 Å². The summed E-state index contributed by atoms with van der Waals surface area (Å²) in [5.41, 5.74) is 1.26. The SMILES string of the molecule is CCCCCCCCCC(=O)OCCCCCCCCOC1=CC(CN(C)C)=CC(OCCCCCCCCOC(=O)CCCCCCCCC)[C@H]1C. The molecule has 0 spiro atoms. The van der Waals surface area contributed by atoms with Crippen molar-refractivity contribution in [2.45, 2.75) is 207 Å². The van der Waals surface area contributed by atoms with Crippen LogP contribution in [0.5, 0.6) is 0 Å². The number of unbranched alkanes of at least 4 members (excludes halogenated alkanes) is 22. The molecule has 0 radical (unpaired) electrons. The average molecular weight is 748 g/mol. The quantitative estimate of drug-likeness (QED) is 0.0460. The van der Waals surface area contributed by atoms with Gasteiger partial charge in [-0.1, -0.05) is 155 Å². The number of esters is 2. The van der Waals surface area contributed by atoms with E-state index in [2.05, 4.69) is 51.9 Å². The molecule has 0 aliphatic heterocycles. The molecular formula is C46H85NO6. The lowest BCUT2D eigenvalue weighted by molar-refractivity contribution is -0.144. The van der Waals surface area contributed by atoms with Crippen LogP contribution in [0.15, 0.2) is 23.5 Å². The third kappa shape index (κ3) is 30.1. The van der Waals surface area contributed by atoms with Gasteiger partial charge in [-0.3, -0.25) is 9.59 Å². The molecule has 1 aliphatic carbocycles. The Morgan fingerprint density at radius 1 is 0.547 bits per heavy atom. The lowest BCUT2D eigenvalue weighted by Crippen LogP contribution is -2.28. The number of rotatable bonds is 38. The Morgan fingerprint density at radius 3 is 1.40 bits per heavy atom. The molecule has 1 aliphatic rings. The van der Waals surface area contributed by atoms with E-state index < -0.39 is 0 Å². The Balaban J connectivity index is 2.10. The Hall–Kier alpha value is -1.86. The van der Waals surface area contributed by atoms with E-state index in [4.69, 9.17) is 18.9 Å². The van der Waals surface area contributed by atoms with Crippen molar-refractivity contribution >= 4 is 11.9 Å². The van der Waals surface area contributed by atoms with Gasteiger partial charge < -0.3 is 23.8 Å². The smallest absolute Gasteiger partial charge is 0.305 e. The minimum Gasteiger partial charge on any atom is -0.498 e. The van der Waals surface area contributed by atoms with Crippen LogP contribution in [0, 0.1) is 5.92 Å². The molecule has 53 heavy (non-hydrogen) atoms. The first kappa shape index (κ1) is 49.2. The largest absolute Gasteiger partial charge is 0.498 e. The molecule has 0 fully saturated rings. The zero-order chi connectivity index (χ0) is 38.6. The summed E-state index contributed by atoms with van der Waals surface area (Å²) in [5, 5.41) is 0. The van der Waals surface area contributed by atoms with Gasteiger partial charge in [0.05, 0.1) is 25.9 Å². The van der Waals surface area contributed by atoms with E-state index in [0.717, 1.165) is 103 Å². The fraction of sp³-hybridized carbons (Fsp3) is 0.870. The van der Waals surface area contributed by atoms with Crippen molar-refractivity contribution in [2.75, 3.05) is 47.1 Å². The number of carbonyl (C=O) groups is 2. The zero-order valence-electron chi connectivity index (χ0n) is 35.5. The lowest BCUT2D eigenvalue weighted by Gasteiger charge is -2.29. The normalized spacial score (nSPS) is 15.7. The molecule has 0 saturated carbocycles. The zero-order valence-corrected chi connectivity index (χ0v) is 35.5. The molecule has 0 aromatic carbocycles. The highest BCUT2D eigenvalue weighted by molar-refractivity contribution is 5.69. The standard InChI is InChI=1S/C46H85NO6/c1-6-8-10-12-14-20-26-32-45(48)52-36-30-24-18-16-22-28-34-50-43-38-42(40-47(4)5)39-44(41(43)3)51-35-29-23-17-19-25-31-37-53-46(49)33-27-21-15-13-11-9-7-2/h38-39,41,43H,6-37,40H2,1-5H3/t41-,43?/m1/s1. The summed E-state index contributed by atoms with van der Waals surface area (Å²) in [6.07, 6.45) is 36.2. The minimum absolute atomic E-state index is 0.0216. The first-order valence-corrected chi connectivity index (χ1v) is 22.5. The maximum Gasteiger partial charge on any atom is 0.305 e. The van der Waals surface area contributed by atoms with Crippen molar-refractivity contribution in [3.8, 4) is 0 Å². The first-order valence-electron chi connectivity index (χ1n) is 22.5. The molecule has 1 rings (SSSR count). The fourth-order valence-corrected chi connectivity index (χ4v) is 6.91. The van der Waals surface area contributed by atoms with Gasteiger partial charge in [0.15, 0.2) is 0 Å². The van der Waals surface area contributed by atoms with E-state index in [1.807, 2.05) is 0 Å². The van der Waals surface area contributed by atoms with Crippen LogP contribution in [0.3, 0.4) is 0 Å². The fourth-order valence-electron chi connectivity index (χ4n) is 6.91. The first-order chi connectivity index (χ1) is 25.9. The van der Waals surface area contributed by atoms with Gasteiger partial charge in [0, 0.05) is 31.9 Å². The summed E-state index contributed by atoms with van der Waals surface area (Å²) in [5.74, 6) is 1.22. The number of hydrogen-bond acceptors (Lipinski definition) is 7. The molecule has 0 heterocycles. The molecule has 1 unspecified atom stereocenters. The van der Waals surface area contributed by atoms with Gasteiger partial charge in [-0.15, -0.1) is 0 Å². The van der Waals surface area contributed by atoms with Gasteiger partial charge in [-0.2, -0.15) is 0 Å². The molecule has 0 amide bonds. The number of ether oxygens (including phenoxy) is 4. The Kier molecular flexibility index (Phi) is 33.2. The highest BCUT2D eigenvalue weighted by atomic mass is 16.5. The molecule has 0 aromatic rings. The summed E-state index contributed by atoms with van der Waals surface area (Å²) in [6.45, 7) is 10.2. The molecular weight excluding hydrogens is 663 g/mol. The summed E-state index contributed by atoms with van der Waals surface area (Å²) in [4.78, 5) is 26.1. The summed E-state index contributed by atoms with van der Waals surface area (Å²) in [7, 11) is 4.21. The maximum atomic E-state index is 12.0. The second kappa shape index (κ2) is 35.8. The Labute approximate surface area is 327 Å². The molecule has 0 bridgehead atoms. The minimum atomic E-state index is -0.0222. The molecule has 0 N–H and O–H groups in total. The van der Waals surface area contributed by atoms with E-state index in [0.29, 0.717) is 26.1 Å². The number of likely N-dealkylation sites (N-methyl/N-ethyl adjacent to an activating group) is 1. The van der Waals surface area contributed by atoms with Crippen LogP contribution >= 0.6 is 0 Å². The van der Waals surface area contributed by atoms with Crippen molar-refractivity contribution in [2.24, 2.45) is 5.92 Å². The van der Waals surface area contributed by atoms with Gasteiger partial charge in [-0.05, 0) is 64.3 Å². The van der Waals surface area contributed by atoms with Crippen molar-refractivity contribution < 1.29 is 28.5 Å². The van der Waals surface area contributed by atoms with E-state index >= 15 is 0 Å². The summed E-state index contributed by atoms with van der Waals surface area (Å²) < 4.78 is 23.6. The van der Waals surface area contributed by atoms with Crippen molar-refractivity contribution in [3.63, 3.8) is 0 Å². The van der Waals surface area contributed by atoms with Gasteiger partial charge in [0.1, 0.15) is 5.76 Å². The summed E-state index contributed by atoms with van der Waals surface area (Å²) in [6, 6.07) is 0. The number of carbonyl (C=O) groups excluding carboxylic acids is 2. The van der Waals surface area contributed by atoms with Crippen molar-refractivity contribution in [3.05, 3.63) is 23.5 Å². The van der Waals surface area contributed by atoms with Crippen molar-refractivity contribution in [1.82, 2.24) is 4.90 Å². The van der Waals surface area contributed by atoms with Crippen LogP contribution in [0.2, 0.25) is 0 Å². The molecule has 0 saturated heterocycles. The average Bonchev–Trinajstić information content (AvgIpc) is 3.13. The second-order valence-electron chi connectivity index (χ2n) is 15.9. The van der Waals surface area contributed by atoms with Gasteiger partial charge >= 0.3 is 11.9 Å². The van der Waals surface area contributed by atoms with Crippen LogP contribution in [0.1, 0.15) is 201 Å². The third-order valence-corrected chi connectivity index (χ3v) is 10.3. The number of hydrogen-bond donors (Lipinski definition) is 0. The van der Waals surface area contributed by atoms with Crippen LogP contribution in [-0.2, 0) is 28.5 Å². The van der Waals surface area contributed by atoms with Crippen molar-refractivity contribution in [1.29, 1.82) is 0 Å². The lowest BCUT2D eigenvalue weighted by atomic mass is 9.93.